The first-order valence-electron chi connectivity index (χ1n) is 17.2. The minimum atomic E-state index is -2.45. The Morgan fingerprint density at radius 3 is 0.973 bits per heavy atom. The Morgan fingerprint density at radius 1 is 0.405 bits per heavy atom. The molecule has 0 aromatic heterocycles. The summed E-state index contributed by atoms with van der Waals surface area (Å²) >= 11 is 0. The molecule has 0 aromatic rings. The third-order valence-electron chi connectivity index (χ3n) is 8.65. The number of rotatable bonds is 29. The van der Waals surface area contributed by atoms with Gasteiger partial charge in [-0.1, -0.05) is 45.4 Å². The molecule has 0 rings (SSSR count). The molecular formula is C34H71O2P. The van der Waals surface area contributed by atoms with Crippen LogP contribution in [0.2, 0.25) is 0 Å². The van der Waals surface area contributed by atoms with Crippen molar-refractivity contribution in [1.82, 2.24) is 0 Å². The third-order valence-corrected chi connectivity index (χ3v) is 15.2. The fourth-order valence-corrected chi connectivity index (χ4v) is 12.9. The summed E-state index contributed by atoms with van der Waals surface area (Å²) in [4.78, 5) is 13.3. The van der Waals surface area contributed by atoms with Gasteiger partial charge in [-0.25, -0.2) is 0 Å². The predicted molar refractivity (Wildman–Crippen MR) is 172 cm³/mol. The summed E-state index contributed by atoms with van der Waals surface area (Å²) in [5, 5.41) is 0. The van der Waals surface area contributed by atoms with Crippen LogP contribution in [0.4, 0.5) is 0 Å². The molecule has 0 aliphatic rings. The van der Waals surface area contributed by atoms with Crippen LogP contribution in [0, 0.1) is 0 Å². The molecule has 224 valence electrons. The first kappa shape index (κ1) is 36.9. The zero-order chi connectivity index (χ0) is 27.5. The van der Waals surface area contributed by atoms with E-state index in [0.29, 0.717) is 6.42 Å². The van der Waals surface area contributed by atoms with E-state index in [1.807, 2.05) is 0 Å². The zero-order valence-corrected chi connectivity index (χ0v) is 27.5. The topological polar surface area (TPSA) is 26.3 Å². The van der Waals surface area contributed by atoms with Crippen molar-refractivity contribution in [2.24, 2.45) is 0 Å². The molecule has 0 spiro atoms. The van der Waals surface area contributed by atoms with Crippen molar-refractivity contribution in [2.45, 2.75) is 189 Å². The first-order chi connectivity index (χ1) is 18.0. The Balaban J connectivity index is 4.38. The van der Waals surface area contributed by atoms with Crippen molar-refractivity contribution in [3.05, 3.63) is 0 Å². The Hall–Kier alpha value is -0.100. The second-order valence-electron chi connectivity index (χ2n) is 12.3. The van der Waals surface area contributed by atoms with E-state index in [9.17, 15) is 4.79 Å². The van der Waals surface area contributed by atoms with Gasteiger partial charge in [0.1, 0.15) is 0 Å². The number of carbonyl (C=O) groups excluding carboxylic acids is 1. The standard InChI is InChI=1S/C34H71O2P/c1-6-11-16-17-18-19-20-21-22-23-24-25-26-27-28-29-34(35)36-37(30-12-7-2,31-13-8-3,32-14-9-4)33-15-10-5/h6-33H2,1-5H3. The van der Waals surface area contributed by atoms with Gasteiger partial charge in [-0.3, -0.25) is 0 Å². The summed E-state index contributed by atoms with van der Waals surface area (Å²) in [6.45, 7) is 9.02. The third kappa shape index (κ3) is 18.8. The van der Waals surface area contributed by atoms with Gasteiger partial charge in [0.2, 0.25) is 0 Å². The summed E-state index contributed by atoms with van der Waals surface area (Å²) in [6.07, 6.45) is 35.5. The predicted octanol–water partition coefficient (Wildman–Crippen LogP) is 12.5. The first-order valence-corrected chi connectivity index (χ1v) is 20.1. The van der Waals surface area contributed by atoms with Gasteiger partial charge in [0, 0.05) is 0 Å². The van der Waals surface area contributed by atoms with Crippen LogP contribution in [0.1, 0.15) is 189 Å². The molecule has 0 atom stereocenters. The molecule has 0 bridgehead atoms. The second-order valence-corrected chi connectivity index (χ2v) is 18.0. The molecule has 37 heavy (non-hydrogen) atoms. The number of carbonyl (C=O) groups is 1. The average molecular weight is 543 g/mol. The van der Waals surface area contributed by atoms with Crippen LogP contribution >= 0.6 is 6.83 Å². The minimum absolute atomic E-state index is 0.145. The van der Waals surface area contributed by atoms with Gasteiger partial charge in [0.05, 0.1) is 0 Å². The molecule has 0 fully saturated rings. The molecule has 0 saturated carbocycles. The molecule has 3 heteroatoms. The Kier molecular flexibility index (Phi) is 24.8. The SMILES string of the molecule is CCCCCCCCCCCCCCCCCC(=O)OP(CCCC)(CCCC)(CCCC)CCCC. The number of hydrogen-bond donors (Lipinski definition) is 0. The fraction of sp³-hybridized carbons (Fsp3) is 0.971. The summed E-state index contributed by atoms with van der Waals surface area (Å²) in [5.74, 6) is 0.145. The van der Waals surface area contributed by atoms with Crippen molar-refractivity contribution >= 4 is 12.8 Å². The van der Waals surface area contributed by atoms with Crippen LogP contribution in [-0.4, -0.2) is 30.6 Å². The van der Waals surface area contributed by atoms with Gasteiger partial charge in [-0.05, 0) is 0 Å². The molecule has 0 amide bonds. The molecule has 0 saturated heterocycles. The Bertz CT molecular complexity index is 461. The van der Waals surface area contributed by atoms with E-state index in [2.05, 4.69) is 34.6 Å². The number of unbranched alkanes of at least 4 members (excludes halogenated alkanes) is 18. The van der Waals surface area contributed by atoms with Crippen molar-refractivity contribution in [3.8, 4) is 0 Å². The van der Waals surface area contributed by atoms with E-state index in [1.165, 1.54) is 166 Å². The van der Waals surface area contributed by atoms with Gasteiger partial charge < -0.3 is 0 Å². The molecule has 0 radical (unpaired) electrons. The molecular weight excluding hydrogens is 471 g/mol. The quantitative estimate of drug-likeness (QED) is 0.0694. The second kappa shape index (κ2) is 24.9. The molecule has 2 nitrogen and oxygen atoms in total. The van der Waals surface area contributed by atoms with Crippen molar-refractivity contribution in [2.75, 3.05) is 24.6 Å². The maximum atomic E-state index is 13.3. The van der Waals surface area contributed by atoms with Crippen LogP contribution in [0.15, 0.2) is 0 Å². The van der Waals surface area contributed by atoms with Crippen LogP contribution in [0.5, 0.6) is 0 Å². The van der Waals surface area contributed by atoms with E-state index >= 15 is 0 Å². The van der Waals surface area contributed by atoms with Crippen molar-refractivity contribution < 1.29 is 9.32 Å². The van der Waals surface area contributed by atoms with Gasteiger partial charge in [-0.2, -0.15) is 0 Å². The molecule has 0 N–H and O–H groups in total. The van der Waals surface area contributed by atoms with Gasteiger partial charge in [-0.15, -0.1) is 0 Å². The summed E-state index contributed by atoms with van der Waals surface area (Å²) in [5.41, 5.74) is 0. The van der Waals surface area contributed by atoms with E-state index in [4.69, 9.17) is 4.52 Å². The molecule has 0 aromatic carbocycles. The summed E-state index contributed by atoms with van der Waals surface area (Å²) in [7, 11) is 0. The van der Waals surface area contributed by atoms with Gasteiger partial charge in [0.15, 0.2) is 0 Å². The van der Waals surface area contributed by atoms with E-state index < -0.39 is 6.83 Å². The van der Waals surface area contributed by atoms with Crippen molar-refractivity contribution in [1.29, 1.82) is 0 Å². The van der Waals surface area contributed by atoms with Gasteiger partial charge in [0.25, 0.3) is 0 Å². The van der Waals surface area contributed by atoms with E-state index in [1.54, 1.807) is 0 Å². The summed E-state index contributed by atoms with van der Waals surface area (Å²) < 4.78 is 6.84. The Labute approximate surface area is 235 Å². The van der Waals surface area contributed by atoms with E-state index in [-0.39, 0.29) is 5.97 Å². The molecule has 0 aliphatic carbocycles. The summed E-state index contributed by atoms with van der Waals surface area (Å²) in [6, 6.07) is 0. The molecule has 0 heterocycles. The van der Waals surface area contributed by atoms with Crippen LogP contribution < -0.4 is 0 Å². The maximum absolute atomic E-state index is 13.3. The van der Waals surface area contributed by atoms with Crippen LogP contribution in [0.25, 0.3) is 0 Å². The number of hydrogen-bond acceptors (Lipinski definition) is 2. The Morgan fingerprint density at radius 2 is 0.676 bits per heavy atom. The van der Waals surface area contributed by atoms with Crippen LogP contribution in [-0.2, 0) is 9.32 Å². The molecule has 0 unspecified atom stereocenters. The monoisotopic (exact) mass is 543 g/mol. The van der Waals surface area contributed by atoms with Crippen molar-refractivity contribution in [3.63, 3.8) is 0 Å². The fourth-order valence-electron chi connectivity index (χ4n) is 6.06. The molecule has 0 aliphatic heterocycles. The van der Waals surface area contributed by atoms with Gasteiger partial charge >= 0.3 is 190 Å². The van der Waals surface area contributed by atoms with E-state index in [0.717, 1.165) is 6.42 Å². The average Bonchev–Trinajstić information content (AvgIpc) is 2.91. The zero-order valence-electron chi connectivity index (χ0n) is 26.6. The van der Waals surface area contributed by atoms with Crippen LogP contribution in [0.3, 0.4) is 0 Å². The normalized spacial score (nSPS) is 12.9.